The Bertz CT molecular complexity index is 756. The van der Waals surface area contributed by atoms with Gasteiger partial charge in [-0.2, -0.15) is 11.3 Å². The molecule has 1 unspecified atom stereocenters. The first kappa shape index (κ1) is 15.7. The van der Waals surface area contributed by atoms with E-state index in [2.05, 4.69) is 16.6 Å². The molecule has 6 heteroatoms. The third kappa shape index (κ3) is 4.16. The second kappa shape index (κ2) is 6.87. The summed E-state index contributed by atoms with van der Waals surface area (Å²) in [5.74, 6) is 5.54. The van der Waals surface area contributed by atoms with E-state index in [-0.39, 0.29) is 17.5 Å². The lowest BCUT2D eigenvalue weighted by atomic mass is 10.2. The Morgan fingerprint density at radius 3 is 2.86 bits per heavy atom. The highest BCUT2D eigenvalue weighted by Gasteiger charge is 2.18. The van der Waals surface area contributed by atoms with Crippen LogP contribution in [0, 0.1) is 11.8 Å². The number of nitrogens with two attached hydrogens (primary N) is 1. The van der Waals surface area contributed by atoms with Crippen molar-refractivity contribution in [2.45, 2.75) is 17.9 Å². The Balaban J connectivity index is 2.23. The Labute approximate surface area is 129 Å². The predicted molar refractivity (Wildman–Crippen MR) is 85.4 cm³/mol. The topological polar surface area (TPSA) is 72.2 Å². The molecule has 0 amide bonds. The van der Waals surface area contributed by atoms with E-state index in [1.807, 2.05) is 23.8 Å². The fraction of sp³-hybridized carbons (Fsp3) is 0.200. The number of sulfonamides is 1. The van der Waals surface area contributed by atoms with Crippen molar-refractivity contribution < 1.29 is 8.42 Å². The van der Waals surface area contributed by atoms with Gasteiger partial charge in [-0.15, -0.1) is 0 Å². The van der Waals surface area contributed by atoms with Gasteiger partial charge in [-0.05, 0) is 47.5 Å². The Hall–Kier alpha value is -1.65. The molecule has 0 aliphatic heterocycles. The average molecular weight is 320 g/mol. The molecular formula is C15H16N2O2S2. The van der Waals surface area contributed by atoms with Gasteiger partial charge in [-0.3, -0.25) is 0 Å². The molecule has 0 bridgehead atoms. The molecule has 2 rings (SSSR count). The van der Waals surface area contributed by atoms with Crippen LogP contribution in [0.15, 0.2) is 46.0 Å². The SMILES string of the molecule is CC(NS(=O)(=O)c1cccc(C#CCN)c1)c1ccsc1. The number of rotatable bonds is 4. The van der Waals surface area contributed by atoms with Crippen LogP contribution in [0.4, 0.5) is 0 Å². The van der Waals surface area contributed by atoms with Crippen molar-refractivity contribution in [2.75, 3.05) is 6.54 Å². The standard InChI is InChI=1S/C15H16N2O2S2/c1-12(14-7-9-20-11-14)17-21(18,19)15-6-2-4-13(10-15)5-3-8-16/h2,4,6-7,9-12,17H,8,16H2,1H3. The van der Waals surface area contributed by atoms with E-state index >= 15 is 0 Å². The van der Waals surface area contributed by atoms with E-state index in [1.165, 1.54) is 11.3 Å². The minimum Gasteiger partial charge on any atom is -0.320 e. The van der Waals surface area contributed by atoms with Gasteiger partial charge < -0.3 is 5.73 Å². The number of hydrogen-bond acceptors (Lipinski definition) is 4. The van der Waals surface area contributed by atoms with Gasteiger partial charge in [0.15, 0.2) is 0 Å². The maximum absolute atomic E-state index is 12.4. The van der Waals surface area contributed by atoms with Gasteiger partial charge in [0, 0.05) is 11.6 Å². The van der Waals surface area contributed by atoms with Gasteiger partial charge in [0.2, 0.25) is 10.0 Å². The van der Waals surface area contributed by atoms with Crippen molar-refractivity contribution in [3.05, 3.63) is 52.2 Å². The molecule has 1 aromatic heterocycles. The van der Waals surface area contributed by atoms with E-state index in [0.29, 0.717) is 5.56 Å². The van der Waals surface area contributed by atoms with Crippen LogP contribution >= 0.6 is 11.3 Å². The summed E-state index contributed by atoms with van der Waals surface area (Å²) in [7, 11) is -3.58. The minimum absolute atomic E-state index is 0.202. The summed E-state index contributed by atoms with van der Waals surface area (Å²) in [6.45, 7) is 2.06. The summed E-state index contributed by atoms with van der Waals surface area (Å²) in [6, 6.07) is 8.15. The van der Waals surface area contributed by atoms with Crippen LogP contribution in [0.25, 0.3) is 0 Å². The Morgan fingerprint density at radius 2 is 2.19 bits per heavy atom. The van der Waals surface area contributed by atoms with Gasteiger partial charge in [0.05, 0.1) is 11.4 Å². The zero-order valence-corrected chi connectivity index (χ0v) is 13.2. The zero-order chi connectivity index (χ0) is 15.3. The molecule has 3 N–H and O–H groups in total. The van der Waals surface area contributed by atoms with E-state index in [9.17, 15) is 8.42 Å². The monoisotopic (exact) mass is 320 g/mol. The summed E-state index contributed by atoms with van der Waals surface area (Å²) in [4.78, 5) is 0.202. The molecule has 0 radical (unpaired) electrons. The second-order valence-corrected chi connectivity index (χ2v) is 6.93. The lowest BCUT2D eigenvalue weighted by molar-refractivity contribution is 0.567. The molecular weight excluding hydrogens is 304 g/mol. The predicted octanol–water partition coefficient (Wildman–Crippen LogP) is 2.10. The summed E-state index contributed by atoms with van der Waals surface area (Å²) in [5, 5.41) is 3.85. The lowest BCUT2D eigenvalue weighted by Gasteiger charge is -2.13. The molecule has 110 valence electrons. The molecule has 1 atom stereocenters. The van der Waals surface area contributed by atoms with Crippen LogP contribution in [-0.4, -0.2) is 15.0 Å². The molecule has 0 saturated carbocycles. The molecule has 4 nitrogen and oxygen atoms in total. The molecule has 0 saturated heterocycles. The Morgan fingerprint density at radius 1 is 1.38 bits per heavy atom. The Kier molecular flexibility index (Phi) is 5.15. The van der Waals surface area contributed by atoms with E-state index in [0.717, 1.165) is 5.56 Å². The molecule has 1 aromatic carbocycles. The molecule has 0 aliphatic carbocycles. The minimum atomic E-state index is -3.58. The number of hydrogen-bond donors (Lipinski definition) is 2. The van der Waals surface area contributed by atoms with Crippen molar-refractivity contribution in [3.63, 3.8) is 0 Å². The maximum atomic E-state index is 12.4. The first-order valence-corrected chi connectivity index (χ1v) is 8.79. The highest BCUT2D eigenvalue weighted by Crippen LogP contribution is 2.19. The number of benzene rings is 1. The smallest absolute Gasteiger partial charge is 0.241 e. The van der Waals surface area contributed by atoms with Crippen LogP contribution in [0.2, 0.25) is 0 Å². The quantitative estimate of drug-likeness (QED) is 0.847. The first-order chi connectivity index (χ1) is 10.0. The first-order valence-electron chi connectivity index (χ1n) is 6.36. The molecule has 0 spiro atoms. The average Bonchev–Trinajstić information content (AvgIpc) is 2.99. The molecule has 1 heterocycles. The van der Waals surface area contributed by atoms with Gasteiger partial charge in [0.1, 0.15) is 0 Å². The van der Waals surface area contributed by atoms with Gasteiger partial charge in [-0.1, -0.05) is 17.9 Å². The fourth-order valence-corrected chi connectivity index (χ4v) is 3.82. The second-order valence-electron chi connectivity index (χ2n) is 4.43. The van der Waals surface area contributed by atoms with Crippen molar-refractivity contribution in [3.8, 4) is 11.8 Å². The third-order valence-corrected chi connectivity index (χ3v) is 5.09. The van der Waals surface area contributed by atoms with Gasteiger partial charge >= 0.3 is 0 Å². The summed E-state index contributed by atoms with van der Waals surface area (Å²) >= 11 is 1.54. The highest BCUT2D eigenvalue weighted by atomic mass is 32.2. The fourth-order valence-electron chi connectivity index (χ4n) is 1.78. The van der Waals surface area contributed by atoms with E-state index in [4.69, 9.17) is 5.73 Å². The normalized spacial score (nSPS) is 12.5. The van der Waals surface area contributed by atoms with Gasteiger partial charge in [-0.25, -0.2) is 13.1 Å². The third-order valence-electron chi connectivity index (χ3n) is 2.85. The van der Waals surface area contributed by atoms with Crippen molar-refractivity contribution in [1.29, 1.82) is 0 Å². The van der Waals surface area contributed by atoms with Crippen LogP contribution in [0.5, 0.6) is 0 Å². The number of nitrogens with one attached hydrogen (secondary N) is 1. The summed E-state index contributed by atoms with van der Waals surface area (Å²) in [6.07, 6.45) is 0. The number of thiophene rings is 1. The summed E-state index contributed by atoms with van der Waals surface area (Å²) in [5.41, 5.74) is 6.90. The van der Waals surface area contributed by atoms with Crippen molar-refractivity contribution in [2.24, 2.45) is 5.73 Å². The van der Waals surface area contributed by atoms with Crippen LogP contribution in [0.3, 0.4) is 0 Å². The zero-order valence-electron chi connectivity index (χ0n) is 11.5. The lowest BCUT2D eigenvalue weighted by Crippen LogP contribution is -2.26. The molecule has 0 aliphatic rings. The maximum Gasteiger partial charge on any atom is 0.241 e. The highest BCUT2D eigenvalue weighted by molar-refractivity contribution is 7.89. The molecule has 2 aromatic rings. The summed E-state index contributed by atoms with van der Waals surface area (Å²) < 4.78 is 27.4. The van der Waals surface area contributed by atoms with Gasteiger partial charge in [0.25, 0.3) is 0 Å². The van der Waals surface area contributed by atoms with E-state index < -0.39 is 10.0 Å². The van der Waals surface area contributed by atoms with Crippen molar-refractivity contribution in [1.82, 2.24) is 4.72 Å². The van der Waals surface area contributed by atoms with Crippen LogP contribution in [-0.2, 0) is 10.0 Å². The largest absolute Gasteiger partial charge is 0.320 e. The molecule has 21 heavy (non-hydrogen) atoms. The molecule has 0 fully saturated rings. The van der Waals surface area contributed by atoms with Crippen molar-refractivity contribution >= 4 is 21.4 Å². The van der Waals surface area contributed by atoms with Crippen LogP contribution < -0.4 is 10.5 Å². The van der Waals surface area contributed by atoms with E-state index in [1.54, 1.807) is 24.3 Å². The van der Waals surface area contributed by atoms with Crippen LogP contribution in [0.1, 0.15) is 24.1 Å².